The maximum Gasteiger partial charge on any atom is 0.303 e. The van der Waals surface area contributed by atoms with Crippen molar-refractivity contribution < 1.29 is 23.8 Å². The minimum Gasteiger partial charge on any atom is -0.481 e. The number of aliphatic carboxylic acids is 1. The van der Waals surface area contributed by atoms with Crippen molar-refractivity contribution in [2.24, 2.45) is 0 Å². The summed E-state index contributed by atoms with van der Waals surface area (Å²) in [5.41, 5.74) is -0.123. The number of anilines is 1. The fourth-order valence-electron chi connectivity index (χ4n) is 2.16. The first-order valence-electron chi connectivity index (χ1n) is 6.31. The molecule has 1 aromatic rings. The molecule has 1 fully saturated rings. The molecule has 0 aromatic heterocycles. The van der Waals surface area contributed by atoms with Gasteiger partial charge in [0, 0.05) is 12.1 Å². The van der Waals surface area contributed by atoms with Crippen LogP contribution in [0.15, 0.2) is 24.3 Å². The van der Waals surface area contributed by atoms with E-state index < -0.39 is 11.6 Å². The topological polar surface area (TPSA) is 66.8 Å². The number of morpholine rings is 1. The molecule has 1 amide bonds. The van der Waals surface area contributed by atoms with E-state index in [1.165, 1.54) is 29.2 Å². The van der Waals surface area contributed by atoms with Crippen molar-refractivity contribution in [2.75, 3.05) is 18.1 Å². The fourth-order valence-corrected chi connectivity index (χ4v) is 2.16. The zero-order valence-corrected chi connectivity index (χ0v) is 11.1. The third-order valence-electron chi connectivity index (χ3n) is 3.34. The van der Waals surface area contributed by atoms with Crippen LogP contribution in [0, 0.1) is 5.82 Å². The Balaban J connectivity index is 2.13. The number of hydrogen-bond acceptors (Lipinski definition) is 3. The molecule has 5 nitrogen and oxygen atoms in total. The van der Waals surface area contributed by atoms with Crippen LogP contribution in [0.5, 0.6) is 0 Å². The summed E-state index contributed by atoms with van der Waals surface area (Å²) in [4.78, 5) is 24.1. The van der Waals surface area contributed by atoms with E-state index in [1.807, 2.05) is 0 Å². The van der Waals surface area contributed by atoms with Gasteiger partial charge < -0.3 is 14.7 Å². The van der Waals surface area contributed by atoms with Crippen molar-refractivity contribution in [3.63, 3.8) is 0 Å². The minimum absolute atomic E-state index is 0.0258. The summed E-state index contributed by atoms with van der Waals surface area (Å²) >= 11 is 0. The Kier molecular flexibility index (Phi) is 4.04. The molecule has 2 rings (SSSR count). The molecule has 1 N–H and O–H groups in total. The Morgan fingerprint density at radius 2 is 2.10 bits per heavy atom. The summed E-state index contributed by atoms with van der Waals surface area (Å²) in [6, 6.07) is 5.62. The fraction of sp³-hybridized carbons (Fsp3) is 0.429. The van der Waals surface area contributed by atoms with E-state index in [-0.39, 0.29) is 31.3 Å². The highest BCUT2D eigenvalue weighted by atomic mass is 19.1. The molecular weight excluding hydrogens is 265 g/mol. The van der Waals surface area contributed by atoms with Gasteiger partial charge in [-0.05, 0) is 37.6 Å². The molecular formula is C14H16FNO4. The molecule has 0 radical (unpaired) electrons. The lowest BCUT2D eigenvalue weighted by molar-refractivity contribution is -0.142. The predicted octanol–water partition coefficient (Wildman–Crippen LogP) is 1.81. The van der Waals surface area contributed by atoms with E-state index in [4.69, 9.17) is 9.84 Å². The van der Waals surface area contributed by atoms with E-state index in [2.05, 4.69) is 0 Å². The molecule has 0 bridgehead atoms. The Morgan fingerprint density at radius 1 is 1.45 bits per heavy atom. The summed E-state index contributed by atoms with van der Waals surface area (Å²) in [6.45, 7) is 1.93. The van der Waals surface area contributed by atoms with Crippen molar-refractivity contribution in [3.05, 3.63) is 30.1 Å². The lowest BCUT2D eigenvalue weighted by Crippen LogP contribution is -2.53. The van der Waals surface area contributed by atoms with Gasteiger partial charge >= 0.3 is 5.97 Å². The van der Waals surface area contributed by atoms with Crippen molar-refractivity contribution in [1.29, 1.82) is 0 Å². The van der Waals surface area contributed by atoms with Gasteiger partial charge in [-0.25, -0.2) is 4.39 Å². The Morgan fingerprint density at radius 3 is 2.70 bits per heavy atom. The highest BCUT2D eigenvalue weighted by Crippen LogP contribution is 2.27. The van der Waals surface area contributed by atoms with Gasteiger partial charge in [0.05, 0.1) is 12.1 Å². The van der Waals surface area contributed by atoms with Gasteiger partial charge in [-0.2, -0.15) is 0 Å². The predicted molar refractivity (Wildman–Crippen MR) is 70.0 cm³/mol. The van der Waals surface area contributed by atoms with Gasteiger partial charge in [0.2, 0.25) is 0 Å². The van der Waals surface area contributed by atoms with Crippen LogP contribution < -0.4 is 4.90 Å². The first-order chi connectivity index (χ1) is 9.39. The number of nitrogens with zero attached hydrogens (tertiary/aromatic N) is 1. The number of carboxylic acids is 1. The summed E-state index contributed by atoms with van der Waals surface area (Å²) in [5, 5.41) is 8.75. The second-order valence-corrected chi connectivity index (χ2v) is 5.09. The molecule has 1 unspecified atom stereocenters. The molecule has 108 valence electrons. The lowest BCUT2D eigenvalue weighted by Gasteiger charge is -2.40. The highest BCUT2D eigenvalue weighted by molar-refractivity contribution is 5.95. The second-order valence-electron chi connectivity index (χ2n) is 5.09. The molecule has 1 saturated heterocycles. The van der Waals surface area contributed by atoms with Gasteiger partial charge in [0.25, 0.3) is 5.91 Å². The van der Waals surface area contributed by atoms with Crippen LogP contribution >= 0.6 is 0 Å². The molecule has 0 aliphatic carbocycles. The number of amides is 1. The first-order valence-corrected chi connectivity index (χ1v) is 6.31. The van der Waals surface area contributed by atoms with Crippen molar-refractivity contribution in [1.82, 2.24) is 0 Å². The zero-order valence-electron chi connectivity index (χ0n) is 11.1. The third kappa shape index (κ3) is 3.33. The van der Waals surface area contributed by atoms with Crippen LogP contribution in [0.4, 0.5) is 10.1 Å². The van der Waals surface area contributed by atoms with Gasteiger partial charge in [0.15, 0.2) is 0 Å². The second kappa shape index (κ2) is 5.58. The van der Waals surface area contributed by atoms with Crippen LogP contribution in [0.1, 0.15) is 19.8 Å². The quantitative estimate of drug-likeness (QED) is 0.914. The lowest BCUT2D eigenvalue weighted by atomic mass is 9.97. The summed E-state index contributed by atoms with van der Waals surface area (Å²) in [7, 11) is 0. The number of hydrogen-bond donors (Lipinski definition) is 1. The van der Waals surface area contributed by atoms with Crippen molar-refractivity contribution >= 4 is 17.6 Å². The van der Waals surface area contributed by atoms with Gasteiger partial charge in [0.1, 0.15) is 12.4 Å². The summed E-state index contributed by atoms with van der Waals surface area (Å²) in [6.07, 6.45) is 0.287. The summed E-state index contributed by atoms with van der Waals surface area (Å²) in [5.74, 6) is -1.49. The average molecular weight is 281 g/mol. The molecule has 20 heavy (non-hydrogen) atoms. The largest absolute Gasteiger partial charge is 0.481 e. The Labute approximate surface area is 116 Å². The number of rotatable bonds is 4. The molecule has 0 saturated carbocycles. The van der Waals surface area contributed by atoms with E-state index in [0.29, 0.717) is 12.1 Å². The highest BCUT2D eigenvalue weighted by Gasteiger charge is 2.36. The Hall–Kier alpha value is -1.95. The maximum absolute atomic E-state index is 12.9. The van der Waals surface area contributed by atoms with Crippen LogP contribution in [-0.4, -0.2) is 35.7 Å². The van der Waals surface area contributed by atoms with Crippen molar-refractivity contribution in [2.45, 2.75) is 25.4 Å². The minimum atomic E-state index is -0.903. The third-order valence-corrected chi connectivity index (χ3v) is 3.34. The van der Waals surface area contributed by atoms with Crippen LogP contribution in [0.25, 0.3) is 0 Å². The number of benzene rings is 1. The molecule has 1 aromatic carbocycles. The number of carbonyl (C=O) groups excluding carboxylic acids is 1. The van der Waals surface area contributed by atoms with Gasteiger partial charge in [-0.3, -0.25) is 9.59 Å². The van der Waals surface area contributed by atoms with E-state index in [1.54, 1.807) is 6.92 Å². The van der Waals surface area contributed by atoms with Crippen molar-refractivity contribution in [3.8, 4) is 0 Å². The average Bonchev–Trinajstić information content (AvgIpc) is 2.41. The molecule has 0 spiro atoms. The normalized spacial score (nSPS) is 22.9. The van der Waals surface area contributed by atoms with E-state index in [9.17, 15) is 14.0 Å². The SMILES string of the molecule is CC1(CCC(=O)O)CN(c2ccc(F)cc2)C(=O)CO1. The van der Waals surface area contributed by atoms with E-state index in [0.717, 1.165) is 0 Å². The Bertz CT molecular complexity index is 516. The molecule has 1 atom stereocenters. The number of carbonyl (C=O) groups is 2. The molecule has 1 aliphatic rings. The molecule has 1 aliphatic heterocycles. The molecule has 6 heteroatoms. The smallest absolute Gasteiger partial charge is 0.303 e. The number of ether oxygens (including phenoxy) is 1. The maximum atomic E-state index is 12.9. The van der Waals surface area contributed by atoms with E-state index >= 15 is 0 Å². The summed E-state index contributed by atoms with van der Waals surface area (Å²) < 4.78 is 18.4. The molecule has 1 heterocycles. The zero-order chi connectivity index (χ0) is 14.8. The first kappa shape index (κ1) is 14.5. The van der Waals surface area contributed by atoms with Gasteiger partial charge in [-0.15, -0.1) is 0 Å². The van der Waals surface area contributed by atoms with Crippen LogP contribution in [-0.2, 0) is 14.3 Å². The van der Waals surface area contributed by atoms with Crippen LogP contribution in [0.3, 0.4) is 0 Å². The number of halogens is 1. The number of carboxylic acid groups (broad SMARTS) is 1. The van der Waals surface area contributed by atoms with Crippen LogP contribution in [0.2, 0.25) is 0 Å². The van der Waals surface area contributed by atoms with Gasteiger partial charge in [-0.1, -0.05) is 0 Å². The standard InChI is InChI=1S/C14H16FNO4/c1-14(7-6-13(18)19)9-16(12(17)8-20-14)11-4-2-10(15)3-5-11/h2-5H,6-9H2,1H3,(H,18,19). The monoisotopic (exact) mass is 281 g/mol.